The van der Waals surface area contributed by atoms with Gasteiger partial charge < -0.3 is 5.73 Å². The lowest BCUT2D eigenvalue weighted by Gasteiger charge is -2.12. The Morgan fingerprint density at radius 1 is 1.43 bits per heavy atom. The van der Waals surface area contributed by atoms with E-state index in [1.54, 1.807) is 0 Å². The molecule has 0 aliphatic rings. The summed E-state index contributed by atoms with van der Waals surface area (Å²) in [6.45, 7) is 5.20. The Bertz CT molecular complexity index is 296. The maximum atomic E-state index is 5.54. The van der Waals surface area contributed by atoms with Gasteiger partial charge in [0.1, 0.15) is 0 Å². The van der Waals surface area contributed by atoms with Crippen molar-refractivity contribution in [2.75, 3.05) is 6.54 Å². The highest BCUT2D eigenvalue weighted by atomic mass is 79.9. The fourth-order valence-electron chi connectivity index (χ4n) is 1.64. The fourth-order valence-corrected chi connectivity index (χ4v) is 2.04. The molecule has 1 aromatic carbocycles. The van der Waals surface area contributed by atoms with Gasteiger partial charge in [0.25, 0.3) is 0 Å². The molecular formula is C12H18BrN. The third kappa shape index (κ3) is 3.10. The Kier molecular flexibility index (Phi) is 4.63. The Morgan fingerprint density at radius 2 is 2.14 bits per heavy atom. The van der Waals surface area contributed by atoms with Gasteiger partial charge in [0.05, 0.1) is 0 Å². The Balaban J connectivity index is 2.71. The van der Waals surface area contributed by atoms with E-state index in [9.17, 15) is 0 Å². The maximum absolute atomic E-state index is 5.54. The van der Waals surface area contributed by atoms with Gasteiger partial charge in [-0.2, -0.15) is 0 Å². The van der Waals surface area contributed by atoms with E-state index in [0.717, 1.165) is 19.4 Å². The molecule has 0 spiro atoms. The summed E-state index contributed by atoms with van der Waals surface area (Å²) in [5, 5.41) is 0. The molecule has 1 nitrogen and oxygen atoms in total. The number of rotatable bonds is 4. The number of hydrogen-bond acceptors (Lipinski definition) is 1. The van der Waals surface area contributed by atoms with Crippen LogP contribution in [0, 0.1) is 12.8 Å². The molecule has 1 atom stereocenters. The first-order chi connectivity index (χ1) is 6.65. The average molecular weight is 256 g/mol. The second-order valence-corrected chi connectivity index (χ2v) is 4.76. The van der Waals surface area contributed by atoms with Crippen molar-refractivity contribution in [3.63, 3.8) is 0 Å². The summed E-state index contributed by atoms with van der Waals surface area (Å²) in [5.74, 6) is 0.674. The molecule has 78 valence electrons. The van der Waals surface area contributed by atoms with Gasteiger partial charge >= 0.3 is 0 Å². The van der Waals surface area contributed by atoms with Crippen LogP contribution in [-0.4, -0.2) is 6.54 Å². The lowest BCUT2D eigenvalue weighted by atomic mass is 9.95. The van der Waals surface area contributed by atoms with E-state index in [4.69, 9.17) is 5.73 Å². The highest BCUT2D eigenvalue weighted by molar-refractivity contribution is 9.10. The summed E-state index contributed by atoms with van der Waals surface area (Å²) in [5.41, 5.74) is 8.33. The highest BCUT2D eigenvalue weighted by Crippen LogP contribution is 2.22. The minimum Gasteiger partial charge on any atom is -0.330 e. The molecule has 14 heavy (non-hydrogen) atoms. The standard InChI is InChI=1S/C12H18BrN/c1-9(6-7-14)8-11-4-3-5-12(13)10(11)2/h3-5,9H,6-8,14H2,1-2H3. The molecule has 1 rings (SSSR count). The predicted molar refractivity (Wildman–Crippen MR) is 65.4 cm³/mol. The SMILES string of the molecule is Cc1c(Br)cccc1CC(C)CCN. The normalized spacial score (nSPS) is 12.9. The Hall–Kier alpha value is -0.340. The van der Waals surface area contributed by atoms with E-state index >= 15 is 0 Å². The van der Waals surface area contributed by atoms with E-state index in [1.807, 2.05) is 0 Å². The minimum atomic E-state index is 0.674. The molecule has 1 aromatic rings. The van der Waals surface area contributed by atoms with Gasteiger partial charge in [-0.15, -0.1) is 0 Å². The third-order valence-electron chi connectivity index (χ3n) is 2.61. The van der Waals surface area contributed by atoms with Crippen LogP contribution in [0.4, 0.5) is 0 Å². The molecule has 0 saturated carbocycles. The molecule has 0 aromatic heterocycles. The van der Waals surface area contributed by atoms with Crippen molar-refractivity contribution in [2.24, 2.45) is 11.7 Å². The summed E-state index contributed by atoms with van der Waals surface area (Å²) < 4.78 is 1.20. The molecule has 0 fully saturated rings. The first-order valence-electron chi connectivity index (χ1n) is 5.09. The van der Waals surface area contributed by atoms with Crippen LogP contribution in [-0.2, 0) is 6.42 Å². The summed E-state index contributed by atoms with van der Waals surface area (Å²) in [6, 6.07) is 6.39. The second kappa shape index (κ2) is 5.52. The molecule has 0 aliphatic carbocycles. The molecule has 0 heterocycles. The van der Waals surface area contributed by atoms with Crippen LogP contribution in [0.3, 0.4) is 0 Å². The Labute approximate surface area is 94.8 Å². The number of nitrogens with two attached hydrogens (primary N) is 1. The van der Waals surface area contributed by atoms with Crippen molar-refractivity contribution in [1.29, 1.82) is 0 Å². The first-order valence-corrected chi connectivity index (χ1v) is 5.88. The fraction of sp³-hybridized carbons (Fsp3) is 0.500. The van der Waals surface area contributed by atoms with Crippen LogP contribution in [0.2, 0.25) is 0 Å². The van der Waals surface area contributed by atoms with Crippen molar-refractivity contribution in [3.8, 4) is 0 Å². The lowest BCUT2D eigenvalue weighted by Crippen LogP contribution is -2.08. The van der Waals surface area contributed by atoms with Gasteiger partial charge in [-0.1, -0.05) is 35.0 Å². The average Bonchev–Trinajstić information content (AvgIpc) is 2.13. The first kappa shape index (κ1) is 11.7. The van der Waals surface area contributed by atoms with E-state index in [1.165, 1.54) is 15.6 Å². The summed E-state index contributed by atoms with van der Waals surface area (Å²) in [4.78, 5) is 0. The summed E-state index contributed by atoms with van der Waals surface area (Å²) in [6.07, 6.45) is 2.23. The van der Waals surface area contributed by atoms with Crippen LogP contribution in [0.15, 0.2) is 22.7 Å². The van der Waals surface area contributed by atoms with Gasteiger partial charge in [0, 0.05) is 4.47 Å². The zero-order valence-electron chi connectivity index (χ0n) is 8.89. The maximum Gasteiger partial charge on any atom is 0.0207 e. The molecule has 1 unspecified atom stereocenters. The summed E-state index contributed by atoms with van der Waals surface area (Å²) in [7, 11) is 0. The van der Waals surface area contributed by atoms with Gasteiger partial charge in [0.15, 0.2) is 0 Å². The predicted octanol–water partition coefficient (Wildman–Crippen LogP) is 3.28. The molecule has 2 heteroatoms. The minimum absolute atomic E-state index is 0.674. The van der Waals surface area contributed by atoms with E-state index in [0.29, 0.717) is 5.92 Å². The number of hydrogen-bond donors (Lipinski definition) is 1. The lowest BCUT2D eigenvalue weighted by molar-refractivity contribution is 0.537. The molecule has 0 amide bonds. The molecular weight excluding hydrogens is 238 g/mol. The quantitative estimate of drug-likeness (QED) is 0.878. The van der Waals surface area contributed by atoms with Crippen molar-refractivity contribution in [1.82, 2.24) is 0 Å². The van der Waals surface area contributed by atoms with Crippen LogP contribution in [0.25, 0.3) is 0 Å². The molecule has 0 radical (unpaired) electrons. The second-order valence-electron chi connectivity index (χ2n) is 3.91. The summed E-state index contributed by atoms with van der Waals surface area (Å²) >= 11 is 3.55. The van der Waals surface area contributed by atoms with Crippen LogP contribution >= 0.6 is 15.9 Å². The monoisotopic (exact) mass is 255 g/mol. The van der Waals surface area contributed by atoms with E-state index in [2.05, 4.69) is 48.0 Å². The van der Waals surface area contributed by atoms with Gasteiger partial charge in [-0.25, -0.2) is 0 Å². The van der Waals surface area contributed by atoms with Gasteiger partial charge in [-0.05, 0) is 49.4 Å². The molecule has 0 aliphatic heterocycles. The van der Waals surface area contributed by atoms with Crippen molar-refractivity contribution in [2.45, 2.75) is 26.7 Å². The topological polar surface area (TPSA) is 26.0 Å². The smallest absolute Gasteiger partial charge is 0.0207 e. The van der Waals surface area contributed by atoms with Crippen LogP contribution in [0.1, 0.15) is 24.5 Å². The molecule has 2 N–H and O–H groups in total. The third-order valence-corrected chi connectivity index (χ3v) is 3.47. The largest absolute Gasteiger partial charge is 0.330 e. The molecule has 0 saturated heterocycles. The number of halogens is 1. The van der Waals surface area contributed by atoms with Crippen LogP contribution in [0.5, 0.6) is 0 Å². The van der Waals surface area contributed by atoms with E-state index in [-0.39, 0.29) is 0 Å². The highest BCUT2D eigenvalue weighted by Gasteiger charge is 2.06. The number of benzene rings is 1. The Morgan fingerprint density at radius 3 is 2.79 bits per heavy atom. The van der Waals surface area contributed by atoms with Crippen molar-refractivity contribution in [3.05, 3.63) is 33.8 Å². The molecule has 0 bridgehead atoms. The zero-order chi connectivity index (χ0) is 10.6. The van der Waals surface area contributed by atoms with Gasteiger partial charge in [0.2, 0.25) is 0 Å². The van der Waals surface area contributed by atoms with Gasteiger partial charge in [-0.3, -0.25) is 0 Å². The van der Waals surface area contributed by atoms with E-state index < -0.39 is 0 Å². The van der Waals surface area contributed by atoms with Crippen molar-refractivity contribution >= 4 is 15.9 Å². The van der Waals surface area contributed by atoms with Crippen LogP contribution < -0.4 is 5.73 Å². The van der Waals surface area contributed by atoms with Crippen molar-refractivity contribution < 1.29 is 0 Å². The zero-order valence-corrected chi connectivity index (χ0v) is 10.5.